The molecule has 160 valence electrons. The van der Waals surface area contributed by atoms with Gasteiger partial charge in [0.05, 0.1) is 30.8 Å². The molecule has 1 aliphatic heterocycles. The van der Waals surface area contributed by atoms with Crippen LogP contribution in [0.15, 0.2) is 41.7 Å². The van der Waals surface area contributed by atoms with Crippen LogP contribution in [0.2, 0.25) is 0 Å². The van der Waals surface area contributed by atoms with Gasteiger partial charge in [0.25, 0.3) is 0 Å². The lowest BCUT2D eigenvalue weighted by atomic mass is 10.0. The van der Waals surface area contributed by atoms with Crippen LogP contribution in [-0.2, 0) is 27.7 Å². The summed E-state index contributed by atoms with van der Waals surface area (Å²) in [5.74, 6) is 0.160. The van der Waals surface area contributed by atoms with E-state index < -0.39 is 9.84 Å². The summed E-state index contributed by atoms with van der Waals surface area (Å²) in [6.07, 6.45) is 5.22. The zero-order valence-corrected chi connectivity index (χ0v) is 18.6. The molecule has 0 spiro atoms. The fourth-order valence-corrected chi connectivity index (χ4v) is 5.83. The van der Waals surface area contributed by atoms with Crippen LogP contribution in [0.5, 0.6) is 0 Å². The number of aromatic nitrogens is 2. The summed E-state index contributed by atoms with van der Waals surface area (Å²) in [4.78, 5) is 6.80. The van der Waals surface area contributed by atoms with Gasteiger partial charge in [0.1, 0.15) is 0 Å². The second kappa shape index (κ2) is 9.87. The number of imidazole rings is 1. The van der Waals surface area contributed by atoms with Crippen LogP contribution >= 0.6 is 0 Å². The molecule has 1 aromatic carbocycles. The Bertz CT molecular complexity index is 876. The Labute approximate surface area is 174 Å². The molecule has 2 aromatic rings. The molecule has 0 saturated carbocycles. The SMILES string of the molecule is COC[C@@H]1CCCCN1Cc1cnc(S(=O)(=O)CC(C)C)n1Cc1ccccc1. The molecule has 2 heterocycles. The Balaban J connectivity index is 1.93. The van der Waals surface area contributed by atoms with E-state index in [0.717, 1.165) is 30.6 Å². The van der Waals surface area contributed by atoms with Gasteiger partial charge in [-0.3, -0.25) is 4.90 Å². The lowest BCUT2D eigenvalue weighted by molar-refractivity contribution is 0.0585. The van der Waals surface area contributed by atoms with Gasteiger partial charge in [-0.15, -0.1) is 0 Å². The van der Waals surface area contributed by atoms with Gasteiger partial charge in [-0.25, -0.2) is 13.4 Å². The Morgan fingerprint density at radius 1 is 1.17 bits per heavy atom. The first-order valence-electron chi connectivity index (χ1n) is 10.4. The summed E-state index contributed by atoms with van der Waals surface area (Å²) in [6.45, 7) is 6.73. The molecule has 1 aromatic heterocycles. The highest BCUT2D eigenvalue weighted by Crippen LogP contribution is 2.23. The Kier molecular flexibility index (Phi) is 7.49. The number of hydrogen-bond donors (Lipinski definition) is 0. The zero-order valence-electron chi connectivity index (χ0n) is 17.8. The van der Waals surface area contributed by atoms with Crippen LogP contribution in [-0.4, -0.2) is 54.9 Å². The van der Waals surface area contributed by atoms with Crippen LogP contribution in [0.3, 0.4) is 0 Å². The minimum atomic E-state index is -3.45. The lowest BCUT2D eigenvalue weighted by Crippen LogP contribution is -2.42. The van der Waals surface area contributed by atoms with Crippen LogP contribution in [0.25, 0.3) is 0 Å². The molecule has 0 unspecified atom stereocenters. The summed E-state index contributed by atoms with van der Waals surface area (Å²) in [7, 11) is -1.71. The first-order valence-corrected chi connectivity index (χ1v) is 12.1. The monoisotopic (exact) mass is 419 g/mol. The van der Waals surface area contributed by atoms with E-state index in [4.69, 9.17) is 4.74 Å². The maximum atomic E-state index is 13.0. The summed E-state index contributed by atoms with van der Waals surface area (Å²) in [5.41, 5.74) is 2.01. The number of hydrogen-bond acceptors (Lipinski definition) is 5. The average Bonchev–Trinajstić information content (AvgIpc) is 3.07. The van der Waals surface area contributed by atoms with Crippen molar-refractivity contribution >= 4 is 9.84 Å². The minimum Gasteiger partial charge on any atom is -0.383 e. The molecule has 1 saturated heterocycles. The van der Waals surface area contributed by atoms with E-state index in [9.17, 15) is 8.42 Å². The van der Waals surface area contributed by atoms with E-state index in [-0.39, 0.29) is 16.8 Å². The lowest BCUT2D eigenvalue weighted by Gasteiger charge is -2.35. The second-order valence-corrected chi connectivity index (χ2v) is 10.3. The first-order chi connectivity index (χ1) is 13.9. The summed E-state index contributed by atoms with van der Waals surface area (Å²) < 4.78 is 33.3. The smallest absolute Gasteiger partial charge is 0.228 e. The van der Waals surface area contributed by atoms with Gasteiger partial charge in [0.2, 0.25) is 15.0 Å². The van der Waals surface area contributed by atoms with Crippen molar-refractivity contribution in [3.63, 3.8) is 0 Å². The van der Waals surface area contributed by atoms with E-state index in [2.05, 4.69) is 9.88 Å². The fraction of sp³-hybridized carbons (Fsp3) is 0.591. The molecule has 0 aliphatic carbocycles. The summed E-state index contributed by atoms with van der Waals surface area (Å²) in [5, 5.41) is 0.186. The van der Waals surface area contributed by atoms with Crippen LogP contribution in [0, 0.1) is 5.92 Å². The van der Waals surface area contributed by atoms with Gasteiger partial charge in [-0.1, -0.05) is 50.6 Å². The van der Waals surface area contributed by atoms with Gasteiger partial charge >= 0.3 is 0 Å². The van der Waals surface area contributed by atoms with Crippen molar-refractivity contribution in [3.05, 3.63) is 47.8 Å². The van der Waals surface area contributed by atoms with Crippen molar-refractivity contribution < 1.29 is 13.2 Å². The van der Waals surface area contributed by atoms with E-state index in [1.807, 2.05) is 48.7 Å². The highest BCUT2D eigenvalue weighted by molar-refractivity contribution is 7.91. The Morgan fingerprint density at radius 2 is 1.93 bits per heavy atom. The van der Waals surface area contributed by atoms with Crippen molar-refractivity contribution in [2.24, 2.45) is 5.92 Å². The van der Waals surface area contributed by atoms with Crippen LogP contribution < -0.4 is 0 Å². The maximum Gasteiger partial charge on any atom is 0.228 e. The van der Waals surface area contributed by atoms with E-state index in [1.54, 1.807) is 13.3 Å². The molecule has 1 aliphatic rings. The third kappa shape index (κ3) is 5.68. The molecule has 0 bridgehead atoms. The summed E-state index contributed by atoms with van der Waals surface area (Å²) >= 11 is 0. The maximum absolute atomic E-state index is 13.0. The van der Waals surface area contributed by atoms with E-state index >= 15 is 0 Å². The molecule has 7 heteroatoms. The Morgan fingerprint density at radius 3 is 2.62 bits per heavy atom. The van der Waals surface area contributed by atoms with Gasteiger partial charge in [0, 0.05) is 19.7 Å². The predicted molar refractivity (Wildman–Crippen MR) is 115 cm³/mol. The normalized spacial score (nSPS) is 18.4. The minimum absolute atomic E-state index is 0.0542. The van der Waals surface area contributed by atoms with Gasteiger partial charge in [0.15, 0.2) is 0 Å². The number of likely N-dealkylation sites (tertiary alicyclic amines) is 1. The predicted octanol–water partition coefficient (Wildman–Crippen LogP) is 3.36. The third-order valence-corrected chi connectivity index (χ3v) is 7.38. The fourth-order valence-electron chi connectivity index (χ4n) is 4.07. The molecule has 3 rings (SSSR count). The number of rotatable bonds is 9. The molecular formula is C22H33N3O3S. The van der Waals surface area contributed by atoms with Crippen molar-refractivity contribution in [2.45, 2.75) is 57.4 Å². The number of nitrogens with zero attached hydrogens (tertiary/aromatic N) is 3. The highest BCUT2D eigenvalue weighted by Gasteiger charge is 2.28. The highest BCUT2D eigenvalue weighted by atomic mass is 32.2. The number of piperidine rings is 1. The third-order valence-electron chi connectivity index (χ3n) is 5.39. The van der Waals surface area contributed by atoms with Crippen molar-refractivity contribution in [3.8, 4) is 0 Å². The molecule has 0 N–H and O–H groups in total. The van der Waals surface area contributed by atoms with Crippen LogP contribution in [0.1, 0.15) is 44.4 Å². The molecule has 1 fully saturated rings. The Hall–Kier alpha value is -1.70. The number of methoxy groups -OCH3 is 1. The standard InChI is InChI=1S/C22H33N3O3S/c1-18(2)17-29(26,27)22-23-13-21(25(22)14-19-9-5-4-6-10-19)15-24-12-8-7-11-20(24)16-28-3/h4-6,9-10,13,18,20H,7-8,11-12,14-17H2,1-3H3/t20-/m0/s1. The van der Waals surface area contributed by atoms with Crippen molar-refractivity contribution in [1.29, 1.82) is 0 Å². The van der Waals surface area contributed by atoms with Gasteiger partial charge in [-0.2, -0.15) is 0 Å². The number of ether oxygens (including phenoxy) is 1. The summed E-state index contributed by atoms with van der Waals surface area (Å²) in [6, 6.07) is 10.3. The molecule has 1 atom stereocenters. The molecular weight excluding hydrogens is 386 g/mol. The zero-order chi connectivity index (χ0) is 20.9. The van der Waals surface area contributed by atoms with Gasteiger partial charge < -0.3 is 9.30 Å². The number of sulfone groups is 1. The van der Waals surface area contributed by atoms with Crippen LogP contribution in [0.4, 0.5) is 0 Å². The largest absolute Gasteiger partial charge is 0.383 e. The van der Waals surface area contributed by atoms with E-state index in [1.165, 1.54) is 6.42 Å². The van der Waals surface area contributed by atoms with E-state index in [0.29, 0.717) is 25.7 Å². The average molecular weight is 420 g/mol. The molecule has 29 heavy (non-hydrogen) atoms. The molecule has 0 amide bonds. The molecule has 6 nitrogen and oxygen atoms in total. The quantitative estimate of drug-likeness (QED) is 0.624. The first kappa shape index (κ1) is 22.0. The molecule has 0 radical (unpaired) electrons. The van der Waals surface area contributed by atoms with Crippen molar-refractivity contribution in [2.75, 3.05) is 26.0 Å². The topological polar surface area (TPSA) is 64.4 Å². The van der Waals surface area contributed by atoms with Crippen molar-refractivity contribution in [1.82, 2.24) is 14.5 Å². The number of benzene rings is 1. The second-order valence-electron chi connectivity index (χ2n) is 8.35. The van der Waals surface area contributed by atoms with Gasteiger partial charge in [-0.05, 0) is 30.9 Å².